The zero-order valence-electron chi connectivity index (χ0n) is 22.0. The van der Waals surface area contributed by atoms with Crippen LogP contribution in [0.2, 0.25) is 0 Å². The van der Waals surface area contributed by atoms with Crippen LogP contribution in [0.25, 0.3) is 0 Å². The highest BCUT2D eigenvalue weighted by Gasteiger charge is 2.61. The van der Waals surface area contributed by atoms with Gasteiger partial charge in [-0.25, -0.2) is 9.59 Å². The van der Waals surface area contributed by atoms with E-state index in [9.17, 15) is 14.4 Å². The minimum atomic E-state index is -0.744. The van der Waals surface area contributed by atoms with Gasteiger partial charge in [-0.05, 0) is 55.9 Å². The third kappa shape index (κ3) is 5.34. The van der Waals surface area contributed by atoms with E-state index in [-0.39, 0.29) is 30.6 Å². The first-order chi connectivity index (χ1) is 17.8. The number of methoxy groups -OCH3 is 2. The summed E-state index contributed by atoms with van der Waals surface area (Å²) in [7, 11) is 2.84. The number of ether oxygens (including phenoxy) is 3. The van der Waals surface area contributed by atoms with Gasteiger partial charge in [0.1, 0.15) is 12.4 Å². The van der Waals surface area contributed by atoms with Crippen molar-refractivity contribution in [1.82, 2.24) is 0 Å². The summed E-state index contributed by atoms with van der Waals surface area (Å²) in [5.41, 5.74) is 1.56. The van der Waals surface area contributed by atoms with Crippen LogP contribution in [-0.4, -0.2) is 61.7 Å². The first kappa shape index (κ1) is 26.7. The van der Waals surface area contributed by atoms with Crippen LogP contribution < -0.4 is 10.1 Å². The van der Waals surface area contributed by atoms with E-state index >= 15 is 0 Å². The number of aryl methyl sites for hydroxylation is 1. The molecule has 2 aromatic carbocycles. The van der Waals surface area contributed by atoms with Crippen molar-refractivity contribution in [2.45, 2.75) is 57.6 Å². The largest absolute Gasteiger partial charge is 0.497 e. The van der Waals surface area contributed by atoms with Gasteiger partial charge in [0.15, 0.2) is 12.1 Å². The molecule has 1 saturated heterocycles. The maximum Gasteiger partial charge on any atom is 0.362 e. The Balaban J connectivity index is 1.60. The number of piperidine rings is 1. The number of nitrogens with zero attached hydrogens (tertiary/aromatic N) is 1. The van der Waals surface area contributed by atoms with Crippen LogP contribution in [0, 0.1) is 6.92 Å². The molecule has 1 saturated carbocycles. The highest BCUT2D eigenvalue weighted by molar-refractivity contribution is 6.05. The maximum atomic E-state index is 14.1. The van der Waals surface area contributed by atoms with Crippen molar-refractivity contribution in [1.29, 1.82) is 0 Å². The summed E-state index contributed by atoms with van der Waals surface area (Å²) in [6.45, 7) is 3.70. The lowest BCUT2D eigenvalue weighted by Gasteiger charge is -2.57. The standard InChI is InChI=1S/C29H36N2O6/c1-21-17-23(35-2)18-24(27(33)36-3)26(21)30-28(34)29(13-10-14-29)31(15-8-5-9-16-31)19-25(32)37-20-22-11-6-4-7-12-22/h4,6-7,11-12,17-18H,5,8-10,13-16,19-20H2,1-3H3/p+1. The van der Waals surface area contributed by atoms with Gasteiger partial charge in [0.25, 0.3) is 5.91 Å². The molecule has 0 atom stereocenters. The molecule has 198 valence electrons. The predicted octanol–water partition coefficient (Wildman–Crippen LogP) is 4.40. The van der Waals surface area contributed by atoms with Crippen molar-refractivity contribution < 1.29 is 33.1 Å². The summed E-state index contributed by atoms with van der Waals surface area (Å²) in [5, 5.41) is 3.08. The smallest absolute Gasteiger partial charge is 0.362 e. The fourth-order valence-electron chi connectivity index (χ4n) is 5.85. The van der Waals surface area contributed by atoms with E-state index in [2.05, 4.69) is 5.32 Å². The maximum absolute atomic E-state index is 14.1. The molecule has 1 amide bonds. The molecule has 0 spiro atoms. The lowest BCUT2D eigenvalue weighted by atomic mass is 9.71. The summed E-state index contributed by atoms with van der Waals surface area (Å²) in [6.07, 6.45) is 5.28. The van der Waals surface area contributed by atoms with Gasteiger partial charge in [0.2, 0.25) is 0 Å². The Morgan fingerprint density at radius 1 is 0.973 bits per heavy atom. The molecule has 8 heteroatoms. The van der Waals surface area contributed by atoms with Crippen molar-refractivity contribution in [2.24, 2.45) is 0 Å². The molecular weight excluding hydrogens is 472 g/mol. The third-order valence-corrected chi connectivity index (χ3v) is 8.05. The number of hydrogen-bond donors (Lipinski definition) is 1. The number of nitrogens with one attached hydrogen (secondary N) is 1. The van der Waals surface area contributed by atoms with Crippen molar-refractivity contribution in [3.63, 3.8) is 0 Å². The average Bonchev–Trinajstić information content (AvgIpc) is 2.88. The molecular formula is C29H37N2O6+. The van der Waals surface area contributed by atoms with Crippen LogP contribution in [0.15, 0.2) is 42.5 Å². The summed E-state index contributed by atoms with van der Waals surface area (Å²) >= 11 is 0. The summed E-state index contributed by atoms with van der Waals surface area (Å²) in [5.74, 6) is -0.489. The van der Waals surface area contributed by atoms with E-state index < -0.39 is 11.5 Å². The molecule has 2 fully saturated rings. The topological polar surface area (TPSA) is 90.9 Å². The number of benzene rings is 2. The molecule has 0 bridgehead atoms. The monoisotopic (exact) mass is 509 g/mol. The van der Waals surface area contributed by atoms with Crippen LogP contribution in [0.4, 0.5) is 5.69 Å². The fourth-order valence-corrected chi connectivity index (χ4v) is 5.85. The molecule has 1 aliphatic carbocycles. The highest BCUT2D eigenvalue weighted by Crippen LogP contribution is 2.46. The third-order valence-electron chi connectivity index (χ3n) is 8.05. The molecule has 2 aromatic rings. The molecule has 8 nitrogen and oxygen atoms in total. The number of hydrogen-bond acceptors (Lipinski definition) is 6. The van der Waals surface area contributed by atoms with E-state index in [0.29, 0.717) is 34.3 Å². The predicted molar refractivity (Wildman–Crippen MR) is 139 cm³/mol. The van der Waals surface area contributed by atoms with Crippen molar-refractivity contribution >= 4 is 23.5 Å². The van der Waals surface area contributed by atoms with Crippen molar-refractivity contribution in [2.75, 3.05) is 39.2 Å². The van der Waals surface area contributed by atoms with Gasteiger partial charge in [-0.3, -0.25) is 4.79 Å². The van der Waals surface area contributed by atoms with Gasteiger partial charge in [-0.1, -0.05) is 30.3 Å². The van der Waals surface area contributed by atoms with E-state index in [1.807, 2.05) is 37.3 Å². The molecule has 37 heavy (non-hydrogen) atoms. The van der Waals surface area contributed by atoms with Gasteiger partial charge < -0.3 is 24.0 Å². The molecule has 2 aliphatic rings. The molecule has 1 heterocycles. The number of anilines is 1. The second-order valence-electron chi connectivity index (χ2n) is 10.2. The Hall–Kier alpha value is -3.39. The van der Waals surface area contributed by atoms with E-state index in [4.69, 9.17) is 14.2 Å². The van der Waals surface area contributed by atoms with Crippen LogP contribution in [0.5, 0.6) is 5.75 Å². The Morgan fingerprint density at radius 3 is 2.27 bits per heavy atom. The SMILES string of the molecule is COC(=O)c1cc(OC)cc(C)c1NC(=O)C1([N+]2(CC(=O)OCc3ccccc3)CCCCC2)CCC1. The second-order valence-corrected chi connectivity index (χ2v) is 10.2. The first-order valence-electron chi connectivity index (χ1n) is 13.0. The lowest BCUT2D eigenvalue weighted by molar-refractivity contribution is -0.970. The number of carbonyl (C=O) groups is 3. The molecule has 1 N–H and O–H groups in total. The highest BCUT2D eigenvalue weighted by atomic mass is 16.5. The minimum absolute atomic E-state index is 0.157. The Kier molecular flexibility index (Phi) is 8.17. The van der Waals surface area contributed by atoms with E-state index in [1.165, 1.54) is 14.2 Å². The number of quaternary nitrogens is 1. The zero-order chi connectivity index (χ0) is 26.5. The van der Waals surface area contributed by atoms with Crippen molar-refractivity contribution in [3.05, 3.63) is 59.2 Å². The Labute approximate surface area is 218 Å². The Bertz CT molecular complexity index is 1140. The summed E-state index contributed by atoms with van der Waals surface area (Å²) in [6, 6.07) is 13.0. The van der Waals surface area contributed by atoms with Crippen LogP contribution in [-0.2, 0) is 25.7 Å². The fraction of sp³-hybridized carbons (Fsp3) is 0.483. The number of likely N-dealkylation sites (tertiary alicyclic amines) is 1. The average molecular weight is 510 g/mol. The number of rotatable bonds is 9. The van der Waals surface area contributed by atoms with Gasteiger partial charge >= 0.3 is 11.9 Å². The number of esters is 2. The van der Waals surface area contributed by atoms with Gasteiger partial charge in [0, 0.05) is 12.8 Å². The zero-order valence-corrected chi connectivity index (χ0v) is 22.0. The van der Waals surface area contributed by atoms with Crippen LogP contribution >= 0.6 is 0 Å². The normalized spacial score (nSPS) is 17.7. The second kappa shape index (κ2) is 11.3. The molecule has 0 unspecified atom stereocenters. The lowest BCUT2D eigenvalue weighted by Crippen LogP contribution is -2.74. The van der Waals surface area contributed by atoms with Gasteiger partial charge in [-0.2, -0.15) is 0 Å². The molecule has 0 aromatic heterocycles. The number of amides is 1. The van der Waals surface area contributed by atoms with E-state index in [0.717, 1.165) is 44.3 Å². The molecule has 1 aliphatic heterocycles. The summed E-state index contributed by atoms with van der Waals surface area (Å²) in [4.78, 5) is 39.8. The minimum Gasteiger partial charge on any atom is -0.497 e. The Morgan fingerprint density at radius 2 is 1.68 bits per heavy atom. The molecule has 4 rings (SSSR count). The first-order valence-corrected chi connectivity index (χ1v) is 13.0. The van der Waals surface area contributed by atoms with E-state index in [1.54, 1.807) is 12.1 Å². The summed E-state index contributed by atoms with van der Waals surface area (Å²) < 4.78 is 16.4. The van der Waals surface area contributed by atoms with Gasteiger partial charge in [0.05, 0.1) is 38.6 Å². The van der Waals surface area contributed by atoms with Crippen LogP contribution in [0.1, 0.15) is 60.0 Å². The quantitative estimate of drug-likeness (QED) is 0.398. The van der Waals surface area contributed by atoms with Gasteiger partial charge in [-0.15, -0.1) is 0 Å². The number of carbonyl (C=O) groups excluding carboxylic acids is 3. The van der Waals surface area contributed by atoms with Crippen molar-refractivity contribution in [3.8, 4) is 5.75 Å². The molecule has 0 radical (unpaired) electrons. The van der Waals surface area contributed by atoms with Crippen LogP contribution in [0.3, 0.4) is 0 Å².